The first kappa shape index (κ1) is 9.97. The molecular formula is C11H19NO2. The molecular weight excluding hydrogens is 178 g/mol. The fourth-order valence-corrected chi connectivity index (χ4v) is 2.33. The quantitative estimate of drug-likeness (QED) is 0.730. The van der Waals surface area contributed by atoms with Gasteiger partial charge in [0.25, 0.3) is 0 Å². The third-order valence-electron chi connectivity index (χ3n) is 3.17. The number of hydrogen-bond acceptors (Lipinski definition) is 2. The van der Waals surface area contributed by atoms with Gasteiger partial charge < -0.3 is 10.1 Å². The number of amides is 1. The molecule has 0 aromatic rings. The number of rotatable bonds is 2. The first-order valence-electron chi connectivity index (χ1n) is 5.78. The summed E-state index contributed by atoms with van der Waals surface area (Å²) in [6.45, 7) is 0.753. The van der Waals surface area contributed by atoms with E-state index in [-0.39, 0.29) is 12.0 Å². The summed E-state index contributed by atoms with van der Waals surface area (Å²) >= 11 is 0. The molecule has 1 heterocycles. The van der Waals surface area contributed by atoms with Crippen molar-refractivity contribution < 1.29 is 9.53 Å². The van der Waals surface area contributed by atoms with E-state index < -0.39 is 0 Å². The molecule has 0 radical (unpaired) electrons. The molecule has 1 aliphatic carbocycles. The lowest BCUT2D eigenvalue weighted by Crippen LogP contribution is -2.42. The van der Waals surface area contributed by atoms with Gasteiger partial charge in [0.1, 0.15) is 6.10 Å². The van der Waals surface area contributed by atoms with E-state index in [2.05, 4.69) is 5.32 Å². The van der Waals surface area contributed by atoms with Crippen molar-refractivity contribution in [3.8, 4) is 0 Å². The van der Waals surface area contributed by atoms with E-state index in [9.17, 15) is 4.79 Å². The van der Waals surface area contributed by atoms with E-state index in [4.69, 9.17) is 4.74 Å². The zero-order valence-electron chi connectivity index (χ0n) is 8.63. The highest BCUT2D eigenvalue weighted by Crippen LogP contribution is 2.18. The molecule has 1 unspecified atom stereocenters. The lowest BCUT2D eigenvalue weighted by Gasteiger charge is -2.24. The molecule has 2 fully saturated rings. The number of carbonyl (C=O) groups is 1. The molecule has 1 saturated carbocycles. The van der Waals surface area contributed by atoms with Crippen molar-refractivity contribution in [3.63, 3.8) is 0 Å². The van der Waals surface area contributed by atoms with Gasteiger partial charge in [0.15, 0.2) is 0 Å². The monoisotopic (exact) mass is 197 g/mol. The fourth-order valence-electron chi connectivity index (χ4n) is 2.33. The average Bonchev–Trinajstić information content (AvgIpc) is 2.72. The molecule has 2 aliphatic rings. The molecule has 0 bridgehead atoms. The van der Waals surface area contributed by atoms with Crippen molar-refractivity contribution in [2.24, 2.45) is 0 Å². The van der Waals surface area contributed by atoms with E-state index in [1.54, 1.807) is 0 Å². The maximum atomic E-state index is 11.7. The van der Waals surface area contributed by atoms with Crippen LogP contribution in [0.3, 0.4) is 0 Å². The molecule has 80 valence electrons. The van der Waals surface area contributed by atoms with Crippen molar-refractivity contribution in [3.05, 3.63) is 0 Å². The van der Waals surface area contributed by atoms with Crippen LogP contribution < -0.4 is 5.32 Å². The first-order valence-corrected chi connectivity index (χ1v) is 5.78. The van der Waals surface area contributed by atoms with Crippen LogP contribution in [0.4, 0.5) is 0 Å². The van der Waals surface area contributed by atoms with Gasteiger partial charge >= 0.3 is 0 Å². The maximum absolute atomic E-state index is 11.7. The molecule has 2 rings (SSSR count). The van der Waals surface area contributed by atoms with Crippen molar-refractivity contribution in [2.75, 3.05) is 6.61 Å². The summed E-state index contributed by atoms with van der Waals surface area (Å²) in [7, 11) is 0. The van der Waals surface area contributed by atoms with Crippen molar-refractivity contribution in [1.82, 2.24) is 5.32 Å². The van der Waals surface area contributed by atoms with Gasteiger partial charge in [-0.3, -0.25) is 4.79 Å². The fraction of sp³-hybridized carbons (Fsp3) is 0.909. The first-order chi connectivity index (χ1) is 6.86. The SMILES string of the molecule is O=C(NC1CCCCC1)C1CCCO1. The van der Waals surface area contributed by atoms with Gasteiger partial charge in [0.05, 0.1) is 0 Å². The van der Waals surface area contributed by atoms with Crippen LogP contribution in [0.25, 0.3) is 0 Å². The summed E-state index contributed by atoms with van der Waals surface area (Å²) in [4.78, 5) is 11.7. The predicted molar refractivity (Wildman–Crippen MR) is 54.0 cm³/mol. The number of nitrogens with one attached hydrogen (secondary N) is 1. The minimum Gasteiger partial charge on any atom is -0.368 e. The van der Waals surface area contributed by atoms with Crippen LogP contribution in [-0.4, -0.2) is 24.7 Å². The number of hydrogen-bond donors (Lipinski definition) is 1. The Morgan fingerprint density at radius 2 is 1.86 bits per heavy atom. The topological polar surface area (TPSA) is 38.3 Å². The van der Waals surface area contributed by atoms with Gasteiger partial charge in [-0.25, -0.2) is 0 Å². The zero-order chi connectivity index (χ0) is 9.80. The lowest BCUT2D eigenvalue weighted by atomic mass is 9.95. The molecule has 3 nitrogen and oxygen atoms in total. The second-order valence-electron chi connectivity index (χ2n) is 4.35. The second kappa shape index (κ2) is 4.78. The van der Waals surface area contributed by atoms with Crippen molar-refractivity contribution in [1.29, 1.82) is 0 Å². The van der Waals surface area contributed by atoms with Crippen molar-refractivity contribution in [2.45, 2.75) is 57.1 Å². The Hall–Kier alpha value is -0.570. The Kier molecular flexibility index (Phi) is 3.40. The van der Waals surface area contributed by atoms with Gasteiger partial charge in [-0.1, -0.05) is 19.3 Å². The molecule has 1 saturated heterocycles. The molecule has 3 heteroatoms. The zero-order valence-corrected chi connectivity index (χ0v) is 8.63. The molecule has 0 aromatic carbocycles. The molecule has 1 amide bonds. The number of ether oxygens (including phenoxy) is 1. The Labute approximate surface area is 85.2 Å². The van der Waals surface area contributed by atoms with Gasteiger partial charge in [-0.05, 0) is 25.7 Å². The molecule has 0 spiro atoms. The molecule has 1 aliphatic heterocycles. The third kappa shape index (κ3) is 2.47. The molecule has 14 heavy (non-hydrogen) atoms. The summed E-state index contributed by atoms with van der Waals surface area (Å²) in [5.41, 5.74) is 0. The smallest absolute Gasteiger partial charge is 0.249 e. The molecule has 1 atom stereocenters. The number of carbonyl (C=O) groups excluding carboxylic acids is 1. The van der Waals surface area contributed by atoms with Crippen LogP contribution in [0.1, 0.15) is 44.9 Å². The van der Waals surface area contributed by atoms with Crippen LogP contribution in [0.15, 0.2) is 0 Å². The molecule has 0 aromatic heterocycles. The largest absolute Gasteiger partial charge is 0.368 e. The van der Waals surface area contributed by atoms with Crippen LogP contribution in [-0.2, 0) is 9.53 Å². The van der Waals surface area contributed by atoms with Crippen LogP contribution >= 0.6 is 0 Å². The highest BCUT2D eigenvalue weighted by molar-refractivity contribution is 5.81. The van der Waals surface area contributed by atoms with E-state index >= 15 is 0 Å². The van der Waals surface area contributed by atoms with E-state index in [0.717, 1.165) is 32.3 Å². The average molecular weight is 197 g/mol. The molecule has 1 N–H and O–H groups in total. The van der Waals surface area contributed by atoms with Crippen molar-refractivity contribution >= 4 is 5.91 Å². The minimum absolute atomic E-state index is 0.120. The van der Waals surface area contributed by atoms with Crippen LogP contribution in [0.5, 0.6) is 0 Å². The van der Waals surface area contributed by atoms with Crippen LogP contribution in [0.2, 0.25) is 0 Å². The van der Waals surface area contributed by atoms with Gasteiger partial charge in [-0.15, -0.1) is 0 Å². The second-order valence-corrected chi connectivity index (χ2v) is 4.35. The summed E-state index contributed by atoms with van der Waals surface area (Å²) in [6.07, 6.45) is 7.93. The third-order valence-corrected chi connectivity index (χ3v) is 3.17. The predicted octanol–water partition coefficient (Wildman–Crippen LogP) is 1.61. The Balaban J connectivity index is 1.75. The van der Waals surface area contributed by atoms with E-state index in [1.165, 1.54) is 19.3 Å². The van der Waals surface area contributed by atoms with E-state index in [1.807, 2.05) is 0 Å². The van der Waals surface area contributed by atoms with Crippen LogP contribution in [0, 0.1) is 0 Å². The lowest BCUT2D eigenvalue weighted by molar-refractivity contribution is -0.131. The normalized spacial score (nSPS) is 29.0. The summed E-state index contributed by atoms with van der Waals surface area (Å²) in [5.74, 6) is 0.120. The summed E-state index contributed by atoms with van der Waals surface area (Å²) in [6, 6.07) is 0.417. The standard InChI is InChI=1S/C11H19NO2/c13-11(10-7-4-8-14-10)12-9-5-2-1-3-6-9/h9-10H,1-8H2,(H,12,13). The minimum atomic E-state index is -0.156. The van der Waals surface area contributed by atoms with Gasteiger partial charge in [0.2, 0.25) is 5.91 Å². The van der Waals surface area contributed by atoms with E-state index in [0.29, 0.717) is 6.04 Å². The Morgan fingerprint density at radius 3 is 2.50 bits per heavy atom. The Morgan fingerprint density at radius 1 is 1.07 bits per heavy atom. The Bertz CT molecular complexity index is 193. The summed E-state index contributed by atoms with van der Waals surface area (Å²) < 4.78 is 5.34. The maximum Gasteiger partial charge on any atom is 0.249 e. The highest BCUT2D eigenvalue weighted by atomic mass is 16.5. The van der Waals surface area contributed by atoms with Gasteiger partial charge in [-0.2, -0.15) is 0 Å². The highest BCUT2D eigenvalue weighted by Gasteiger charge is 2.25. The summed E-state index contributed by atoms with van der Waals surface area (Å²) in [5, 5.41) is 3.10. The van der Waals surface area contributed by atoms with Gasteiger partial charge in [0, 0.05) is 12.6 Å².